The fraction of sp³-hybridized carbons (Fsp3) is 0.294. The van der Waals surface area contributed by atoms with E-state index in [4.69, 9.17) is 0 Å². The fourth-order valence-corrected chi connectivity index (χ4v) is 6.66. The van der Waals surface area contributed by atoms with Crippen molar-refractivity contribution in [3.63, 3.8) is 0 Å². The van der Waals surface area contributed by atoms with Crippen LogP contribution in [-0.2, 0) is 29.7 Å². The maximum absolute atomic E-state index is 14.5. The molecule has 328 valence electrons. The number of halogens is 12. The molecule has 12 nitrogen and oxygen atoms in total. The molecule has 0 aromatic heterocycles. The molecule has 3 N–H and O–H groups in total. The second kappa shape index (κ2) is 16.4. The molecule has 4 rings (SSSR count). The molecular formula is C34H24F12O12S2. The maximum atomic E-state index is 14.5. The summed E-state index contributed by atoms with van der Waals surface area (Å²) in [5.74, 6) is -5.01. The van der Waals surface area contributed by atoms with E-state index in [9.17, 15) is 93.3 Å². The van der Waals surface area contributed by atoms with Gasteiger partial charge in [-0.1, -0.05) is 30.3 Å². The van der Waals surface area contributed by atoms with Crippen molar-refractivity contribution in [1.82, 2.24) is 0 Å². The number of hydrogen-bond acceptors (Lipinski definition) is 10. The Morgan fingerprint density at radius 2 is 1.08 bits per heavy atom. The highest BCUT2D eigenvalue weighted by atomic mass is 32.2. The van der Waals surface area contributed by atoms with E-state index in [1.165, 1.54) is 24.3 Å². The summed E-state index contributed by atoms with van der Waals surface area (Å²) in [7, 11) is -10.5. The molecule has 0 unspecified atom stereocenters. The first-order chi connectivity index (χ1) is 27.2. The highest BCUT2D eigenvalue weighted by Gasteiger charge is 2.73. The minimum absolute atomic E-state index is 0.0547. The van der Waals surface area contributed by atoms with Crippen LogP contribution in [0.2, 0.25) is 0 Å². The Bertz CT molecular complexity index is 2460. The zero-order valence-corrected chi connectivity index (χ0v) is 30.8. The van der Waals surface area contributed by atoms with Crippen LogP contribution >= 0.6 is 0 Å². The topological polar surface area (TPSA) is 191 Å². The second-order valence-electron chi connectivity index (χ2n) is 12.5. The van der Waals surface area contributed by atoms with Gasteiger partial charge in [-0.3, -0.25) is 9.11 Å². The van der Waals surface area contributed by atoms with Crippen molar-refractivity contribution in [2.24, 2.45) is 0 Å². The molecule has 0 spiro atoms. The lowest BCUT2D eigenvalue weighted by atomic mass is 9.97. The Kier molecular flexibility index (Phi) is 12.9. The Morgan fingerprint density at radius 3 is 1.57 bits per heavy atom. The SMILES string of the molecule is O=C(OCCC(O)(C(F)(F)F)C(F)(F)F)c1cc(S(=O)(=O)O)c2ccc(OC(CCOC(=O)c3cc(-c4ccccc4)cc(S(=O)(=O)O)c3)(C(F)(F)F)C(F)(F)F)cc2c1. The Morgan fingerprint density at radius 1 is 0.567 bits per heavy atom. The van der Waals surface area contributed by atoms with Gasteiger partial charge < -0.3 is 19.3 Å². The summed E-state index contributed by atoms with van der Waals surface area (Å²) < 4.78 is 245. The number of carbonyl (C=O) groups is 2. The second-order valence-corrected chi connectivity index (χ2v) is 15.3. The zero-order chi connectivity index (χ0) is 45.5. The number of hydrogen-bond donors (Lipinski definition) is 3. The molecule has 0 saturated heterocycles. The summed E-state index contributed by atoms with van der Waals surface area (Å²) in [6.45, 7) is -3.59. The van der Waals surface area contributed by atoms with Gasteiger partial charge in [0.05, 0.1) is 29.2 Å². The van der Waals surface area contributed by atoms with Crippen molar-refractivity contribution < 1.29 is 108 Å². The molecule has 4 aromatic carbocycles. The van der Waals surface area contributed by atoms with Crippen molar-refractivity contribution in [2.75, 3.05) is 13.2 Å². The van der Waals surface area contributed by atoms with Crippen LogP contribution in [0.1, 0.15) is 33.6 Å². The number of benzene rings is 4. The molecule has 0 aliphatic carbocycles. The number of rotatable bonds is 13. The summed E-state index contributed by atoms with van der Waals surface area (Å²) in [6.07, 6.45) is -30.1. The van der Waals surface area contributed by atoms with Gasteiger partial charge in [-0.15, -0.1) is 0 Å². The predicted molar refractivity (Wildman–Crippen MR) is 178 cm³/mol. The Balaban J connectivity index is 1.69. The van der Waals surface area contributed by atoms with Crippen LogP contribution in [0.4, 0.5) is 52.7 Å². The van der Waals surface area contributed by atoms with Gasteiger partial charge in [0.15, 0.2) is 0 Å². The number of carbonyl (C=O) groups excluding carboxylic acids is 2. The average molecular weight is 917 g/mol. The summed E-state index contributed by atoms with van der Waals surface area (Å²) in [4.78, 5) is 23.3. The summed E-state index contributed by atoms with van der Waals surface area (Å²) in [6, 6.07) is 11.5. The van der Waals surface area contributed by atoms with Crippen molar-refractivity contribution in [2.45, 2.75) is 58.5 Å². The standard InChI is InChI=1S/C34H24F12O12S2/c35-31(36,37)29(49,32(38,39)40)8-10-56-28(48)22-13-20-14-23(6-7-25(20)26(17-22)60(53,54)55)58-30(33(41,42)43,34(44,45)46)9-11-57-27(47)21-12-19(18-4-2-1-3-5-18)15-24(16-21)59(50,51)52/h1-7,12-17,49H,8-11H2,(H,50,51,52)(H,53,54,55). The van der Waals surface area contributed by atoms with E-state index in [2.05, 4.69) is 14.2 Å². The lowest BCUT2D eigenvalue weighted by molar-refractivity contribution is -0.371. The molecule has 0 fully saturated rings. The van der Waals surface area contributed by atoms with Crippen molar-refractivity contribution in [3.8, 4) is 16.9 Å². The third-order valence-corrected chi connectivity index (χ3v) is 10.2. The van der Waals surface area contributed by atoms with Gasteiger partial charge in [0.1, 0.15) is 10.6 Å². The molecule has 0 aliphatic heterocycles. The van der Waals surface area contributed by atoms with Gasteiger partial charge in [0.25, 0.3) is 25.8 Å². The van der Waals surface area contributed by atoms with Crippen molar-refractivity contribution >= 4 is 42.9 Å². The Labute approximate surface area is 328 Å². The quantitative estimate of drug-likeness (QED) is 0.0669. The van der Waals surface area contributed by atoms with Gasteiger partial charge >= 0.3 is 42.2 Å². The van der Waals surface area contributed by atoms with E-state index in [0.29, 0.717) is 24.3 Å². The molecule has 0 amide bonds. The third-order valence-electron chi connectivity index (χ3n) is 8.48. The van der Waals surface area contributed by atoms with Crippen LogP contribution in [0.15, 0.2) is 88.7 Å². The molecule has 4 aromatic rings. The molecule has 0 aliphatic rings. The van der Waals surface area contributed by atoms with Gasteiger partial charge in [-0.2, -0.15) is 69.5 Å². The average Bonchev–Trinajstić information content (AvgIpc) is 3.11. The van der Waals surface area contributed by atoms with Crippen LogP contribution in [0.25, 0.3) is 21.9 Å². The number of esters is 2. The van der Waals surface area contributed by atoms with Crippen LogP contribution in [0.5, 0.6) is 5.75 Å². The first-order valence-corrected chi connectivity index (χ1v) is 18.9. The van der Waals surface area contributed by atoms with Crippen LogP contribution in [0.3, 0.4) is 0 Å². The third kappa shape index (κ3) is 10.0. The fourth-order valence-electron chi connectivity index (χ4n) is 5.37. The summed E-state index contributed by atoms with van der Waals surface area (Å²) in [5.41, 5.74) is -12.4. The smallest absolute Gasteiger partial charge is 0.437 e. The van der Waals surface area contributed by atoms with Crippen molar-refractivity contribution in [1.29, 1.82) is 0 Å². The minimum atomic E-state index is -6.42. The summed E-state index contributed by atoms with van der Waals surface area (Å²) >= 11 is 0. The van der Waals surface area contributed by atoms with E-state index >= 15 is 0 Å². The van der Waals surface area contributed by atoms with E-state index in [1.807, 2.05) is 0 Å². The van der Waals surface area contributed by atoms with Crippen LogP contribution < -0.4 is 4.74 Å². The Hall–Kier alpha value is -5.18. The first-order valence-electron chi connectivity index (χ1n) is 16.0. The first kappa shape index (κ1) is 47.5. The van der Waals surface area contributed by atoms with E-state index < -0.39 is 132 Å². The molecule has 0 atom stereocenters. The predicted octanol–water partition coefficient (Wildman–Crippen LogP) is 7.89. The van der Waals surface area contributed by atoms with Crippen LogP contribution in [0, 0.1) is 0 Å². The number of ether oxygens (including phenoxy) is 3. The number of alkyl halides is 12. The zero-order valence-electron chi connectivity index (χ0n) is 29.2. The lowest BCUT2D eigenvalue weighted by Crippen LogP contribution is -2.61. The van der Waals surface area contributed by atoms with E-state index in [-0.39, 0.29) is 23.3 Å². The highest BCUT2D eigenvalue weighted by molar-refractivity contribution is 7.86. The number of fused-ring (bicyclic) bond motifs is 1. The molecule has 0 radical (unpaired) electrons. The van der Waals surface area contributed by atoms with Gasteiger partial charge in [0, 0.05) is 18.2 Å². The van der Waals surface area contributed by atoms with Crippen LogP contribution in [-0.4, -0.2) is 92.1 Å². The van der Waals surface area contributed by atoms with Gasteiger partial charge in [-0.25, -0.2) is 9.59 Å². The monoisotopic (exact) mass is 916 g/mol. The molecule has 0 bridgehead atoms. The normalized spacial score (nSPS) is 13.6. The minimum Gasteiger partial charge on any atom is -0.468 e. The van der Waals surface area contributed by atoms with E-state index in [0.717, 1.165) is 12.1 Å². The largest absolute Gasteiger partial charge is 0.468 e. The van der Waals surface area contributed by atoms with Gasteiger partial charge in [-0.05, 0) is 65.0 Å². The highest BCUT2D eigenvalue weighted by Crippen LogP contribution is 2.49. The van der Waals surface area contributed by atoms with Crippen molar-refractivity contribution in [3.05, 3.63) is 90.0 Å². The molecule has 60 heavy (non-hydrogen) atoms. The maximum Gasteiger partial charge on any atom is 0.437 e. The van der Waals surface area contributed by atoms with E-state index in [1.54, 1.807) is 6.07 Å². The lowest BCUT2D eigenvalue weighted by Gasteiger charge is -2.37. The molecule has 26 heteroatoms. The number of aliphatic hydroxyl groups is 1. The summed E-state index contributed by atoms with van der Waals surface area (Å²) in [5, 5.41) is 7.67. The molecule has 0 saturated carbocycles. The van der Waals surface area contributed by atoms with Gasteiger partial charge in [0.2, 0.25) is 0 Å². The molecule has 0 heterocycles. The molecular weight excluding hydrogens is 892 g/mol.